The lowest BCUT2D eigenvalue weighted by Crippen LogP contribution is -2.01. The maximum Gasteiger partial charge on any atom is 0.387 e. The van der Waals surface area contributed by atoms with Crippen LogP contribution in [0.3, 0.4) is 0 Å². The normalized spacial score (nSPS) is 10.3. The van der Waals surface area contributed by atoms with Gasteiger partial charge in [0.25, 0.3) is 0 Å². The fourth-order valence-electron chi connectivity index (χ4n) is 0.673. The van der Waals surface area contributed by atoms with E-state index >= 15 is 0 Å². The molecule has 1 aromatic rings. The van der Waals surface area contributed by atoms with Gasteiger partial charge in [0.15, 0.2) is 0 Å². The number of halogens is 3. The molecule has 1 aromatic carbocycles. The number of rotatable bonds is 3. The highest BCUT2D eigenvalue weighted by Gasteiger charge is 2.02. The van der Waals surface area contributed by atoms with Crippen LogP contribution in [0, 0.1) is 0 Å². The van der Waals surface area contributed by atoms with Gasteiger partial charge in [-0.3, -0.25) is 0 Å². The first-order valence-electron chi connectivity index (χ1n) is 3.06. The molecule has 66 valence electrons. The number of hydrogen-bond acceptors (Lipinski definition) is 2. The quantitative estimate of drug-likeness (QED) is 0.755. The molecule has 5 heteroatoms. The second-order valence-electron chi connectivity index (χ2n) is 1.93. The average Bonchev–Trinajstić information content (AvgIpc) is 2.05. The standard InChI is InChI=1S/C7H5ClF2OS/c8-12-6-3-1-5(2-4-6)11-7(9)10/h1-4,7H. The molecule has 0 spiro atoms. The Labute approximate surface area is 77.2 Å². The summed E-state index contributed by atoms with van der Waals surface area (Å²) >= 11 is 0. The first-order valence-corrected chi connectivity index (χ1v) is 4.70. The van der Waals surface area contributed by atoms with Gasteiger partial charge >= 0.3 is 6.61 Å². The number of alkyl halides is 2. The topological polar surface area (TPSA) is 9.23 Å². The van der Waals surface area contributed by atoms with E-state index in [9.17, 15) is 8.78 Å². The second-order valence-corrected chi connectivity index (χ2v) is 3.02. The lowest BCUT2D eigenvalue weighted by molar-refractivity contribution is -0.0498. The minimum Gasteiger partial charge on any atom is -0.435 e. The number of hydrogen-bond donors (Lipinski definition) is 0. The third kappa shape index (κ3) is 2.87. The molecule has 0 amide bonds. The molecule has 1 rings (SSSR count). The molecule has 0 aliphatic heterocycles. The molecule has 0 N–H and O–H groups in total. The Hall–Kier alpha value is -0.480. The molecule has 0 aliphatic carbocycles. The molecule has 0 bridgehead atoms. The van der Waals surface area contributed by atoms with E-state index in [1.54, 1.807) is 12.1 Å². The number of benzene rings is 1. The maximum absolute atomic E-state index is 11.6. The molecular weight excluding hydrogens is 206 g/mol. The van der Waals surface area contributed by atoms with Crippen molar-refractivity contribution in [3.8, 4) is 5.75 Å². The molecule has 0 saturated heterocycles. The molecule has 0 fully saturated rings. The monoisotopic (exact) mass is 210 g/mol. The van der Waals surface area contributed by atoms with Gasteiger partial charge in [0.2, 0.25) is 0 Å². The van der Waals surface area contributed by atoms with Gasteiger partial charge in [-0.05, 0) is 45.9 Å². The maximum atomic E-state index is 11.6. The predicted octanol–water partition coefficient (Wildman–Crippen LogP) is 3.53. The van der Waals surface area contributed by atoms with Crippen LogP contribution in [0.4, 0.5) is 8.78 Å². The van der Waals surface area contributed by atoms with E-state index < -0.39 is 6.61 Å². The van der Waals surface area contributed by atoms with Crippen molar-refractivity contribution in [2.24, 2.45) is 0 Å². The largest absolute Gasteiger partial charge is 0.435 e. The summed E-state index contributed by atoms with van der Waals surface area (Å²) in [5.74, 6) is 0.138. The zero-order valence-electron chi connectivity index (χ0n) is 5.84. The van der Waals surface area contributed by atoms with Gasteiger partial charge < -0.3 is 4.74 Å². The van der Waals surface area contributed by atoms with Crippen LogP contribution in [-0.4, -0.2) is 6.61 Å². The van der Waals surface area contributed by atoms with Crippen LogP contribution in [-0.2, 0) is 0 Å². The molecular formula is C7H5ClF2OS. The van der Waals surface area contributed by atoms with Crippen LogP contribution < -0.4 is 4.74 Å². The average molecular weight is 211 g/mol. The van der Waals surface area contributed by atoms with Gasteiger partial charge in [-0.1, -0.05) is 0 Å². The summed E-state index contributed by atoms with van der Waals surface area (Å²) in [4.78, 5) is 0.790. The third-order valence-electron chi connectivity index (χ3n) is 1.14. The third-order valence-corrected chi connectivity index (χ3v) is 2.12. The summed E-state index contributed by atoms with van der Waals surface area (Å²) in [6, 6.07) is 6.10. The van der Waals surface area contributed by atoms with Crippen molar-refractivity contribution >= 4 is 21.7 Å². The Morgan fingerprint density at radius 1 is 1.25 bits per heavy atom. The van der Waals surface area contributed by atoms with Crippen LogP contribution >= 0.6 is 21.7 Å². The van der Waals surface area contributed by atoms with Crippen molar-refractivity contribution < 1.29 is 13.5 Å². The van der Waals surface area contributed by atoms with Gasteiger partial charge in [0, 0.05) is 4.90 Å². The Bertz CT molecular complexity index is 240. The van der Waals surface area contributed by atoms with Gasteiger partial charge in [0.05, 0.1) is 0 Å². The van der Waals surface area contributed by atoms with E-state index in [0.717, 1.165) is 15.9 Å². The van der Waals surface area contributed by atoms with Gasteiger partial charge in [-0.2, -0.15) is 8.78 Å². The van der Waals surface area contributed by atoms with Gasteiger partial charge in [-0.15, -0.1) is 0 Å². The van der Waals surface area contributed by atoms with Crippen molar-refractivity contribution in [1.29, 1.82) is 0 Å². The smallest absolute Gasteiger partial charge is 0.387 e. The van der Waals surface area contributed by atoms with E-state index in [1.807, 2.05) is 0 Å². The fraction of sp³-hybridized carbons (Fsp3) is 0.143. The van der Waals surface area contributed by atoms with Crippen LogP contribution in [0.1, 0.15) is 0 Å². The fourth-order valence-corrected chi connectivity index (χ4v) is 1.22. The van der Waals surface area contributed by atoms with E-state index in [2.05, 4.69) is 4.74 Å². The zero-order chi connectivity index (χ0) is 8.97. The van der Waals surface area contributed by atoms with Crippen molar-refractivity contribution in [1.82, 2.24) is 0 Å². The van der Waals surface area contributed by atoms with Gasteiger partial charge in [0.1, 0.15) is 5.75 Å². The summed E-state index contributed by atoms with van der Waals surface area (Å²) in [6.45, 7) is -2.78. The first-order chi connectivity index (χ1) is 5.72. The molecule has 0 unspecified atom stereocenters. The minimum atomic E-state index is -2.78. The predicted molar refractivity (Wildman–Crippen MR) is 44.8 cm³/mol. The Balaban J connectivity index is 2.65. The molecule has 12 heavy (non-hydrogen) atoms. The summed E-state index contributed by atoms with van der Waals surface area (Å²) < 4.78 is 27.4. The van der Waals surface area contributed by atoms with E-state index in [4.69, 9.17) is 10.7 Å². The SMILES string of the molecule is FC(F)Oc1ccc(SCl)cc1. The van der Waals surface area contributed by atoms with E-state index in [-0.39, 0.29) is 5.75 Å². The highest BCUT2D eigenvalue weighted by molar-refractivity contribution is 8.21. The zero-order valence-corrected chi connectivity index (χ0v) is 7.41. The van der Waals surface area contributed by atoms with Crippen LogP contribution in [0.5, 0.6) is 5.75 Å². The lowest BCUT2D eigenvalue weighted by Gasteiger charge is -2.03. The van der Waals surface area contributed by atoms with E-state index in [1.165, 1.54) is 12.1 Å². The Morgan fingerprint density at radius 3 is 2.25 bits per heavy atom. The highest BCUT2D eigenvalue weighted by Crippen LogP contribution is 2.24. The first kappa shape index (κ1) is 9.61. The van der Waals surface area contributed by atoms with Crippen molar-refractivity contribution in [2.45, 2.75) is 11.5 Å². The molecule has 0 saturated carbocycles. The Kier molecular flexibility index (Phi) is 3.62. The Morgan fingerprint density at radius 2 is 1.83 bits per heavy atom. The molecule has 0 radical (unpaired) electrons. The lowest BCUT2D eigenvalue weighted by atomic mass is 10.3. The van der Waals surface area contributed by atoms with E-state index in [0.29, 0.717) is 0 Å². The molecule has 0 aliphatic rings. The molecule has 0 atom stereocenters. The van der Waals surface area contributed by atoms with Crippen LogP contribution in [0.15, 0.2) is 29.2 Å². The van der Waals surface area contributed by atoms with Crippen molar-refractivity contribution in [3.63, 3.8) is 0 Å². The van der Waals surface area contributed by atoms with Crippen LogP contribution in [0.2, 0.25) is 0 Å². The van der Waals surface area contributed by atoms with Gasteiger partial charge in [-0.25, -0.2) is 0 Å². The summed E-state index contributed by atoms with van der Waals surface area (Å²) in [7, 11) is 6.44. The highest BCUT2D eigenvalue weighted by atomic mass is 35.7. The minimum absolute atomic E-state index is 0.138. The van der Waals surface area contributed by atoms with Crippen molar-refractivity contribution in [2.75, 3.05) is 0 Å². The number of ether oxygens (including phenoxy) is 1. The second kappa shape index (κ2) is 4.52. The molecule has 0 aromatic heterocycles. The summed E-state index contributed by atoms with van der Waals surface area (Å²) in [5.41, 5.74) is 0. The molecule has 0 heterocycles. The van der Waals surface area contributed by atoms with Crippen LogP contribution in [0.25, 0.3) is 0 Å². The summed E-state index contributed by atoms with van der Waals surface area (Å²) in [6.07, 6.45) is 0. The van der Waals surface area contributed by atoms with Crippen molar-refractivity contribution in [3.05, 3.63) is 24.3 Å². The molecule has 1 nitrogen and oxygen atoms in total. The summed E-state index contributed by atoms with van der Waals surface area (Å²) in [5, 5.41) is 0.